The van der Waals surface area contributed by atoms with Crippen LogP contribution in [0.15, 0.2) is 65.4 Å². The summed E-state index contributed by atoms with van der Waals surface area (Å²) in [4.78, 5) is 26.4. The van der Waals surface area contributed by atoms with E-state index in [0.29, 0.717) is 16.9 Å². The quantitative estimate of drug-likeness (QED) is 0.251. The van der Waals surface area contributed by atoms with Crippen LogP contribution in [0.3, 0.4) is 0 Å². The Hall–Kier alpha value is -3.53. The van der Waals surface area contributed by atoms with Crippen molar-refractivity contribution in [3.63, 3.8) is 0 Å². The number of aliphatic hydroxyl groups excluding tert-OH is 2. The van der Waals surface area contributed by atoms with Crippen molar-refractivity contribution in [2.45, 2.75) is 12.5 Å². The van der Waals surface area contributed by atoms with Gasteiger partial charge < -0.3 is 26.2 Å². The van der Waals surface area contributed by atoms with Gasteiger partial charge in [-0.2, -0.15) is 11.3 Å². The summed E-state index contributed by atoms with van der Waals surface area (Å²) in [6.45, 7) is -0.222. The number of amidine groups is 1. The third-order valence-electron chi connectivity index (χ3n) is 4.79. The molecule has 2 amide bonds. The molecule has 6 N–H and O–H groups in total. The maximum Gasteiger partial charge on any atom is 0.253 e. The first kappa shape index (κ1) is 23.1. The molecule has 0 saturated heterocycles. The highest BCUT2D eigenvalue weighted by Crippen LogP contribution is 2.25. The number of nitrogen functional groups attached to an aromatic ring is 1. The highest BCUT2D eigenvalue weighted by molar-refractivity contribution is 7.08. The van der Waals surface area contributed by atoms with Gasteiger partial charge in [0.1, 0.15) is 11.9 Å². The van der Waals surface area contributed by atoms with E-state index in [1.807, 2.05) is 29.0 Å². The van der Waals surface area contributed by atoms with Gasteiger partial charge in [-0.1, -0.05) is 12.1 Å². The standard InChI is InChI=1S/C23H24N4O4S/c24-22(25)16-1-5-18(6-2-16)26-23(31)20(29)13-21(30)27(10-11-28)19-7-3-15(4-8-19)17-9-12-32-14-17/h1-9,12,14,20,28-29H,10-11,13H2,(H3,24,25)(H,26,31)/t20-/m1/s1. The molecule has 32 heavy (non-hydrogen) atoms. The van der Waals surface area contributed by atoms with Crippen molar-refractivity contribution >= 4 is 40.4 Å². The first-order valence-corrected chi connectivity index (χ1v) is 10.8. The second-order valence-electron chi connectivity index (χ2n) is 7.03. The number of hydrogen-bond acceptors (Lipinski definition) is 6. The van der Waals surface area contributed by atoms with E-state index in [2.05, 4.69) is 5.32 Å². The molecular formula is C23H24N4O4S. The molecule has 0 aliphatic rings. The lowest BCUT2D eigenvalue weighted by atomic mass is 10.1. The maximum atomic E-state index is 12.8. The normalized spacial score (nSPS) is 11.6. The van der Waals surface area contributed by atoms with E-state index >= 15 is 0 Å². The number of carbonyl (C=O) groups is 2. The zero-order valence-electron chi connectivity index (χ0n) is 17.2. The Labute approximate surface area is 189 Å². The van der Waals surface area contributed by atoms with Crippen molar-refractivity contribution in [3.8, 4) is 11.1 Å². The number of nitrogens with one attached hydrogen (secondary N) is 2. The summed E-state index contributed by atoms with van der Waals surface area (Å²) in [6, 6.07) is 15.5. The van der Waals surface area contributed by atoms with Crippen LogP contribution in [0.25, 0.3) is 11.1 Å². The second-order valence-corrected chi connectivity index (χ2v) is 7.81. The predicted molar refractivity (Wildman–Crippen MR) is 126 cm³/mol. The van der Waals surface area contributed by atoms with Crippen LogP contribution in [0.2, 0.25) is 0 Å². The van der Waals surface area contributed by atoms with E-state index in [4.69, 9.17) is 11.1 Å². The first-order valence-electron chi connectivity index (χ1n) is 9.86. The number of carbonyl (C=O) groups excluding carboxylic acids is 2. The first-order chi connectivity index (χ1) is 15.4. The Kier molecular flexibility index (Phi) is 7.72. The predicted octanol–water partition coefficient (Wildman–Crippen LogP) is 2.41. The lowest BCUT2D eigenvalue weighted by molar-refractivity contribution is -0.129. The molecule has 1 heterocycles. The van der Waals surface area contributed by atoms with E-state index in [9.17, 15) is 19.8 Å². The molecule has 0 fully saturated rings. The van der Waals surface area contributed by atoms with Crippen molar-refractivity contribution in [2.75, 3.05) is 23.4 Å². The number of nitrogens with zero attached hydrogens (tertiary/aromatic N) is 1. The van der Waals surface area contributed by atoms with Gasteiger partial charge in [0.2, 0.25) is 5.91 Å². The average Bonchev–Trinajstić information content (AvgIpc) is 3.33. The van der Waals surface area contributed by atoms with E-state index in [1.54, 1.807) is 47.7 Å². The van der Waals surface area contributed by atoms with Crippen molar-refractivity contribution in [3.05, 3.63) is 70.9 Å². The lowest BCUT2D eigenvalue weighted by Gasteiger charge is -2.23. The zero-order chi connectivity index (χ0) is 23.1. The summed E-state index contributed by atoms with van der Waals surface area (Å²) in [6.07, 6.45) is -2.01. The Bertz CT molecular complexity index is 1070. The fraction of sp³-hybridized carbons (Fsp3) is 0.174. The third-order valence-corrected chi connectivity index (χ3v) is 5.48. The van der Waals surface area contributed by atoms with Crippen LogP contribution in [0, 0.1) is 5.41 Å². The maximum absolute atomic E-state index is 12.8. The Balaban J connectivity index is 1.64. The smallest absolute Gasteiger partial charge is 0.253 e. The van der Waals surface area contributed by atoms with Gasteiger partial charge in [-0.3, -0.25) is 15.0 Å². The Morgan fingerprint density at radius 3 is 2.31 bits per heavy atom. The number of thiophene rings is 1. The topological polar surface area (TPSA) is 140 Å². The van der Waals surface area contributed by atoms with E-state index in [-0.39, 0.29) is 19.0 Å². The van der Waals surface area contributed by atoms with Crippen LogP contribution in [0.5, 0.6) is 0 Å². The van der Waals surface area contributed by atoms with E-state index < -0.39 is 24.3 Å². The van der Waals surface area contributed by atoms with Gasteiger partial charge in [0.15, 0.2) is 0 Å². The summed E-state index contributed by atoms with van der Waals surface area (Å²) in [5.74, 6) is -1.32. The van der Waals surface area contributed by atoms with Crippen molar-refractivity contribution in [1.29, 1.82) is 5.41 Å². The number of nitrogens with two attached hydrogens (primary N) is 1. The number of benzene rings is 2. The summed E-state index contributed by atoms with van der Waals surface area (Å²) in [5, 5.41) is 33.6. The Morgan fingerprint density at radius 1 is 1.06 bits per heavy atom. The average molecular weight is 453 g/mol. The SMILES string of the molecule is N=C(N)c1ccc(NC(=O)[C@H](O)CC(=O)N(CCO)c2ccc(-c3ccsc3)cc2)cc1. The minimum atomic E-state index is -1.57. The summed E-state index contributed by atoms with van der Waals surface area (Å²) >= 11 is 1.59. The van der Waals surface area contributed by atoms with Crippen LogP contribution in [0.1, 0.15) is 12.0 Å². The molecule has 3 aromatic rings. The molecular weight excluding hydrogens is 428 g/mol. The van der Waals surface area contributed by atoms with Gasteiger partial charge in [0.05, 0.1) is 13.0 Å². The molecule has 0 unspecified atom stereocenters. The third kappa shape index (κ3) is 5.79. The fourth-order valence-corrected chi connectivity index (χ4v) is 3.75. The number of hydrogen-bond donors (Lipinski definition) is 5. The summed E-state index contributed by atoms with van der Waals surface area (Å²) in [7, 11) is 0. The molecule has 9 heteroatoms. The monoisotopic (exact) mass is 452 g/mol. The number of rotatable bonds is 9. The van der Waals surface area contributed by atoms with E-state index in [0.717, 1.165) is 11.1 Å². The van der Waals surface area contributed by atoms with Gasteiger partial charge >= 0.3 is 0 Å². The van der Waals surface area contributed by atoms with Crippen LogP contribution < -0.4 is 16.0 Å². The molecule has 1 atom stereocenters. The molecule has 1 aromatic heterocycles. The second kappa shape index (κ2) is 10.7. The fourth-order valence-electron chi connectivity index (χ4n) is 3.09. The highest BCUT2D eigenvalue weighted by Gasteiger charge is 2.24. The largest absolute Gasteiger partial charge is 0.395 e. The molecule has 166 valence electrons. The highest BCUT2D eigenvalue weighted by atomic mass is 32.1. The molecule has 0 aliphatic heterocycles. The van der Waals surface area contributed by atoms with Gasteiger partial charge in [0.25, 0.3) is 5.91 Å². The van der Waals surface area contributed by atoms with Crippen molar-refractivity contribution < 1.29 is 19.8 Å². The number of aliphatic hydroxyl groups is 2. The van der Waals surface area contributed by atoms with Crippen molar-refractivity contribution in [2.24, 2.45) is 5.73 Å². The molecule has 8 nitrogen and oxygen atoms in total. The van der Waals surface area contributed by atoms with Crippen LogP contribution in [0.4, 0.5) is 11.4 Å². The number of anilines is 2. The Morgan fingerprint density at radius 2 is 1.75 bits per heavy atom. The molecule has 0 radical (unpaired) electrons. The molecule has 3 rings (SSSR count). The zero-order valence-corrected chi connectivity index (χ0v) is 18.0. The lowest BCUT2D eigenvalue weighted by Crippen LogP contribution is -2.39. The summed E-state index contributed by atoms with van der Waals surface area (Å²) < 4.78 is 0. The summed E-state index contributed by atoms with van der Waals surface area (Å²) in [5.41, 5.74) is 8.95. The molecule has 0 spiro atoms. The molecule has 0 bridgehead atoms. The molecule has 0 aliphatic carbocycles. The molecule has 0 saturated carbocycles. The van der Waals surface area contributed by atoms with Gasteiger partial charge in [-0.25, -0.2) is 0 Å². The minimum Gasteiger partial charge on any atom is -0.395 e. The van der Waals surface area contributed by atoms with Crippen LogP contribution >= 0.6 is 11.3 Å². The van der Waals surface area contributed by atoms with Gasteiger partial charge in [-0.05, 0) is 64.4 Å². The van der Waals surface area contributed by atoms with Gasteiger partial charge in [-0.15, -0.1) is 0 Å². The number of amides is 2. The van der Waals surface area contributed by atoms with Gasteiger partial charge in [0, 0.05) is 23.5 Å². The van der Waals surface area contributed by atoms with Crippen molar-refractivity contribution in [1.82, 2.24) is 0 Å². The van der Waals surface area contributed by atoms with Crippen LogP contribution in [-0.4, -0.2) is 47.1 Å². The van der Waals surface area contributed by atoms with E-state index in [1.165, 1.54) is 4.90 Å². The minimum absolute atomic E-state index is 0.0392. The molecule has 2 aromatic carbocycles. The van der Waals surface area contributed by atoms with Crippen LogP contribution in [-0.2, 0) is 9.59 Å².